The molecule has 0 heterocycles. The van der Waals surface area contributed by atoms with Gasteiger partial charge in [0.2, 0.25) is 0 Å². The van der Waals surface area contributed by atoms with E-state index < -0.39 is 18.0 Å². The maximum absolute atomic E-state index is 10.2. The topological polar surface area (TPSA) is 194 Å². The van der Waals surface area contributed by atoms with E-state index in [-0.39, 0.29) is 31.0 Å². The number of nitrogens with two attached hydrogens (primary N) is 3. The molecule has 0 aromatic heterocycles. The lowest BCUT2D eigenvalue weighted by Crippen LogP contribution is -2.31. The Hall–Kier alpha value is -2.00. The monoisotopic (exact) mass is 278 g/mol. The molecule has 0 aromatic rings. The van der Waals surface area contributed by atoms with E-state index in [1.54, 1.807) is 6.92 Å². The van der Waals surface area contributed by atoms with E-state index >= 15 is 0 Å². The molecule has 0 aliphatic rings. The Morgan fingerprint density at radius 3 is 1.63 bits per heavy atom. The smallest absolute Gasteiger partial charge is 0.320 e. The number of carbonyl (C=O) groups is 3. The summed E-state index contributed by atoms with van der Waals surface area (Å²) in [6.07, 6.45) is 0.134. The van der Waals surface area contributed by atoms with Crippen LogP contribution < -0.4 is 17.2 Å². The van der Waals surface area contributed by atoms with Gasteiger partial charge in [0.15, 0.2) is 0 Å². The van der Waals surface area contributed by atoms with Crippen LogP contribution in [-0.2, 0) is 14.4 Å². The number of hydrogen-bond acceptors (Lipinski definition) is 6. The predicted octanol–water partition coefficient (Wildman–Crippen LogP) is -1.26. The molecular weight excluding hydrogens is 256 g/mol. The van der Waals surface area contributed by atoms with E-state index in [0.717, 1.165) is 0 Å². The largest absolute Gasteiger partial charge is 0.481 e. The van der Waals surface area contributed by atoms with Gasteiger partial charge < -0.3 is 27.4 Å². The highest BCUT2D eigenvalue weighted by molar-refractivity contribution is 5.83. The second-order valence-electron chi connectivity index (χ2n) is 3.33. The lowest BCUT2D eigenvalue weighted by Gasteiger charge is -2.00. The minimum atomic E-state index is -1.13. The lowest BCUT2D eigenvalue weighted by molar-refractivity contribution is -0.140. The van der Waals surface area contributed by atoms with Crippen molar-refractivity contribution < 1.29 is 24.6 Å². The van der Waals surface area contributed by atoms with Gasteiger partial charge in [-0.05, 0) is 6.92 Å². The van der Waals surface area contributed by atoms with E-state index in [0.29, 0.717) is 0 Å². The van der Waals surface area contributed by atoms with Gasteiger partial charge in [-0.1, -0.05) is 6.92 Å². The second-order valence-corrected chi connectivity index (χ2v) is 3.33. The zero-order valence-electron chi connectivity index (χ0n) is 11.0. The third kappa shape index (κ3) is 31.4. The van der Waals surface area contributed by atoms with Gasteiger partial charge in [0.25, 0.3) is 0 Å². The third-order valence-corrected chi connectivity index (χ3v) is 1.35. The zero-order chi connectivity index (χ0) is 16.0. The third-order valence-electron chi connectivity index (χ3n) is 1.35. The molecular formula is C10H22N4O5. The van der Waals surface area contributed by atoms with Crippen LogP contribution in [0.25, 0.3) is 0 Å². The van der Waals surface area contributed by atoms with Crippen molar-refractivity contribution >= 4 is 23.6 Å². The van der Waals surface area contributed by atoms with Crippen molar-refractivity contribution in [3.8, 4) is 0 Å². The van der Waals surface area contributed by atoms with Crippen molar-refractivity contribution in [1.29, 1.82) is 5.41 Å². The van der Waals surface area contributed by atoms with Crippen LogP contribution in [0.3, 0.4) is 0 Å². The molecule has 19 heavy (non-hydrogen) atoms. The fourth-order valence-corrected chi connectivity index (χ4v) is 0.397. The Bertz CT molecular complexity index is 292. The second kappa shape index (κ2) is 14.1. The van der Waals surface area contributed by atoms with Crippen LogP contribution in [0.15, 0.2) is 0 Å². The molecule has 0 spiro atoms. The summed E-state index contributed by atoms with van der Waals surface area (Å²) in [5.41, 5.74) is 14.6. The first kappa shape index (κ1) is 22.2. The van der Waals surface area contributed by atoms with E-state index in [1.165, 1.54) is 6.92 Å². The Balaban J connectivity index is -0.000000219. The maximum Gasteiger partial charge on any atom is 0.320 e. The van der Waals surface area contributed by atoms with Gasteiger partial charge >= 0.3 is 11.9 Å². The molecule has 0 aliphatic heterocycles. The van der Waals surface area contributed by atoms with Crippen LogP contribution in [-0.4, -0.2) is 46.4 Å². The van der Waals surface area contributed by atoms with Gasteiger partial charge in [-0.3, -0.25) is 19.8 Å². The molecule has 1 unspecified atom stereocenters. The SMILES string of the molecule is CC(=O)CC(N)C(=O)O.CCC(=O)O.N=C(N)CN. The molecule has 0 fully saturated rings. The fraction of sp³-hybridized carbons (Fsp3) is 0.600. The van der Waals surface area contributed by atoms with Crippen molar-refractivity contribution in [3.63, 3.8) is 0 Å². The van der Waals surface area contributed by atoms with E-state index in [4.69, 9.17) is 32.8 Å². The Labute approximate surface area is 111 Å². The van der Waals surface area contributed by atoms with Gasteiger partial charge in [-0.2, -0.15) is 0 Å². The molecule has 0 saturated heterocycles. The van der Waals surface area contributed by atoms with Crippen molar-refractivity contribution in [3.05, 3.63) is 0 Å². The number of hydrogen-bond donors (Lipinski definition) is 6. The van der Waals surface area contributed by atoms with Gasteiger partial charge in [0.1, 0.15) is 17.7 Å². The summed E-state index contributed by atoms with van der Waals surface area (Å²) in [7, 11) is 0. The molecule has 0 aromatic carbocycles. The fourth-order valence-electron chi connectivity index (χ4n) is 0.397. The maximum atomic E-state index is 10.2. The first-order valence-corrected chi connectivity index (χ1v) is 5.30. The first-order chi connectivity index (χ1) is 8.58. The number of carboxylic acids is 2. The predicted molar refractivity (Wildman–Crippen MR) is 69.8 cm³/mol. The van der Waals surface area contributed by atoms with E-state index in [1.807, 2.05) is 0 Å². The highest BCUT2D eigenvalue weighted by atomic mass is 16.4. The molecule has 112 valence electrons. The van der Waals surface area contributed by atoms with Crippen molar-refractivity contribution in [2.75, 3.05) is 6.54 Å². The minimum Gasteiger partial charge on any atom is -0.481 e. The highest BCUT2D eigenvalue weighted by Crippen LogP contribution is 1.87. The molecule has 9 N–H and O–H groups in total. The molecule has 9 heteroatoms. The summed E-state index contributed by atoms with van der Waals surface area (Å²) in [6.45, 7) is 3.07. The van der Waals surface area contributed by atoms with Gasteiger partial charge in [0.05, 0.1) is 6.54 Å². The van der Waals surface area contributed by atoms with Gasteiger partial charge in [-0.25, -0.2) is 0 Å². The zero-order valence-corrected chi connectivity index (χ0v) is 11.0. The Kier molecular flexibility index (Phi) is 16.4. The average Bonchev–Trinajstić information content (AvgIpc) is 2.29. The summed E-state index contributed by atoms with van der Waals surface area (Å²) in [5.74, 6) is -2.05. The van der Waals surface area contributed by atoms with Crippen LogP contribution in [0.4, 0.5) is 0 Å². The number of aliphatic carboxylic acids is 2. The molecule has 0 bridgehead atoms. The van der Waals surface area contributed by atoms with E-state index in [9.17, 15) is 14.4 Å². The van der Waals surface area contributed by atoms with Crippen LogP contribution in [0.1, 0.15) is 26.7 Å². The molecule has 0 radical (unpaired) electrons. The van der Waals surface area contributed by atoms with E-state index in [2.05, 4.69) is 0 Å². The number of carboxylic acid groups (broad SMARTS) is 2. The summed E-state index contributed by atoms with van der Waals surface area (Å²) in [5, 5.41) is 22.3. The van der Waals surface area contributed by atoms with Crippen molar-refractivity contribution in [2.24, 2.45) is 17.2 Å². The Morgan fingerprint density at radius 2 is 1.58 bits per heavy atom. The number of ketones is 1. The molecule has 0 aliphatic carbocycles. The lowest BCUT2D eigenvalue weighted by atomic mass is 10.2. The number of amidine groups is 1. The van der Waals surface area contributed by atoms with Crippen LogP contribution in [0.2, 0.25) is 0 Å². The number of nitrogens with one attached hydrogen (secondary N) is 1. The quantitative estimate of drug-likeness (QED) is 0.264. The summed E-state index contributed by atoms with van der Waals surface area (Å²) in [6, 6.07) is -1.04. The summed E-state index contributed by atoms with van der Waals surface area (Å²) < 4.78 is 0. The van der Waals surface area contributed by atoms with Crippen molar-refractivity contribution in [1.82, 2.24) is 0 Å². The number of rotatable bonds is 5. The summed E-state index contributed by atoms with van der Waals surface area (Å²) in [4.78, 5) is 29.5. The van der Waals surface area contributed by atoms with Gasteiger partial charge in [-0.15, -0.1) is 0 Å². The van der Waals surface area contributed by atoms with Gasteiger partial charge in [0, 0.05) is 12.8 Å². The molecule has 0 saturated carbocycles. The van der Waals surface area contributed by atoms with Crippen LogP contribution in [0, 0.1) is 5.41 Å². The first-order valence-electron chi connectivity index (χ1n) is 5.30. The normalized spacial score (nSPS) is 9.89. The molecule has 0 rings (SSSR count). The highest BCUT2D eigenvalue weighted by Gasteiger charge is 2.12. The Morgan fingerprint density at radius 1 is 1.26 bits per heavy atom. The minimum absolute atomic E-state index is 0.0324. The van der Waals surface area contributed by atoms with Crippen LogP contribution >= 0.6 is 0 Å². The molecule has 0 amide bonds. The summed E-state index contributed by atoms with van der Waals surface area (Å²) >= 11 is 0. The standard InChI is InChI=1S/C5H9NO3.C3H6O2.C2H7N3/c1-3(7)2-4(6)5(8)9;1-2-3(4)5;3-1-2(4)5/h4H,2,6H2,1H3,(H,8,9);2H2,1H3,(H,4,5);1,3H2,(H3,4,5). The van der Waals surface area contributed by atoms with Crippen molar-refractivity contribution in [2.45, 2.75) is 32.7 Å². The average molecular weight is 278 g/mol. The molecule has 9 nitrogen and oxygen atoms in total. The number of Topliss-reactive ketones (excluding diaryl/α,β-unsaturated/α-hetero) is 1. The molecule has 1 atom stereocenters. The number of carbonyl (C=O) groups excluding carboxylic acids is 1. The van der Waals surface area contributed by atoms with Crippen LogP contribution in [0.5, 0.6) is 0 Å².